The van der Waals surface area contributed by atoms with Crippen LogP contribution in [0.5, 0.6) is 0 Å². The molecule has 0 aliphatic carbocycles. The molecule has 0 amide bonds. The zero-order chi connectivity index (χ0) is 14.9. The van der Waals surface area contributed by atoms with Crippen molar-refractivity contribution in [3.63, 3.8) is 0 Å². The van der Waals surface area contributed by atoms with Crippen molar-refractivity contribution in [2.45, 2.75) is 12.7 Å². The monoisotopic (exact) mass is 294 g/mol. The van der Waals surface area contributed by atoms with E-state index in [9.17, 15) is 13.2 Å². The first kappa shape index (κ1) is 13.7. The number of rotatable bonds is 1. The number of hydrogen-bond acceptors (Lipinski definition) is 4. The number of aromatic nitrogens is 2. The molecule has 4 nitrogen and oxygen atoms in total. The fourth-order valence-corrected chi connectivity index (χ4v) is 2.27. The Hall–Kier alpha value is -2.31. The van der Waals surface area contributed by atoms with Crippen LogP contribution in [0.4, 0.5) is 24.8 Å². The van der Waals surface area contributed by atoms with Gasteiger partial charge in [-0.25, -0.2) is 9.97 Å². The molecule has 1 N–H and O–H groups in total. The average Bonchev–Trinajstić information content (AvgIpc) is 2.68. The Bertz CT molecular complexity index is 642. The van der Waals surface area contributed by atoms with E-state index in [0.29, 0.717) is 19.6 Å². The van der Waals surface area contributed by atoms with Crippen molar-refractivity contribution in [1.82, 2.24) is 9.97 Å². The largest absolute Gasteiger partial charge is 0.433 e. The minimum Gasteiger partial charge on any atom is -0.383 e. The minimum absolute atomic E-state index is 0.100. The highest BCUT2D eigenvalue weighted by Gasteiger charge is 2.33. The van der Waals surface area contributed by atoms with E-state index in [0.717, 1.165) is 23.5 Å². The first-order valence-corrected chi connectivity index (χ1v) is 6.51. The lowest BCUT2D eigenvalue weighted by Gasteiger charge is -2.20. The summed E-state index contributed by atoms with van der Waals surface area (Å²) in [5, 5.41) is 3.25. The lowest BCUT2D eigenvalue weighted by Crippen LogP contribution is -2.28. The van der Waals surface area contributed by atoms with Crippen LogP contribution < -0.4 is 10.2 Å². The van der Waals surface area contributed by atoms with Gasteiger partial charge in [-0.3, -0.25) is 0 Å². The number of benzene rings is 1. The molecule has 7 heteroatoms. The van der Waals surface area contributed by atoms with Crippen LogP contribution in [0.25, 0.3) is 0 Å². The van der Waals surface area contributed by atoms with E-state index in [-0.39, 0.29) is 5.95 Å². The van der Waals surface area contributed by atoms with Gasteiger partial charge in [-0.05, 0) is 17.7 Å². The van der Waals surface area contributed by atoms with E-state index in [1.165, 1.54) is 0 Å². The lowest BCUT2D eigenvalue weighted by molar-refractivity contribution is -0.141. The molecule has 1 aromatic carbocycles. The third-order valence-electron chi connectivity index (χ3n) is 3.29. The molecule has 1 aliphatic heterocycles. The van der Waals surface area contributed by atoms with E-state index in [4.69, 9.17) is 0 Å². The summed E-state index contributed by atoms with van der Waals surface area (Å²) < 4.78 is 38.2. The van der Waals surface area contributed by atoms with Gasteiger partial charge in [0.25, 0.3) is 0 Å². The third kappa shape index (κ3) is 2.91. The van der Waals surface area contributed by atoms with E-state index < -0.39 is 11.9 Å². The molecule has 0 spiro atoms. The smallest absolute Gasteiger partial charge is 0.383 e. The Labute approximate surface area is 119 Å². The summed E-state index contributed by atoms with van der Waals surface area (Å²) >= 11 is 0. The molecule has 3 rings (SSSR count). The quantitative estimate of drug-likeness (QED) is 0.878. The fourth-order valence-electron chi connectivity index (χ4n) is 2.27. The first-order valence-electron chi connectivity index (χ1n) is 6.51. The number of para-hydroxylation sites is 1. The van der Waals surface area contributed by atoms with Crippen LogP contribution in [0.15, 0.2) is 36.5 Å². The summed E-state index contributed by atoms with van der Waals surface area (Å²) in [4.78, 5) is 9.37. The third-order valence-corrected chi connectivity index (χ3v) is 3.29. The summed E-state index contributed by atoms with van der Waals surface area (Å²) in [6.45, 7) is 1.64. The van der Waals surface area contributed by atoms with Gasteiger partial charge in [0.15, 0.2) is 0 Å². The number of anilines is 2. The van der Waals surface area contributed by atoms with Crippen molar-refractivity contribution in [2.75, 3.05) is 23.3 Å². The van der Waals surface area contributed by atoms with Gasteiger partial charge in [-0.15, -0.1) is 0 Å². The molecule has 0 bridgehead atoms. The highest BCUT2D eigenvalue weighted by molar-refractivity contribution is 5.54. The molecule has 1 aromatic heterocycles. The van der Waals surface area contributed by atoms with Crippen molar-refractivity contribution < 1.29 is 13.2 Å². The normalized spacial score (nSPS) is 15.1. The number of halogens is 3. The first-order chi connectivity index (χ1) is 10.0. The van der Waals surface area contributed by atoms with Gasteiger partial charge in [0.05, 0.1) is 0 Å². The second kappa shape index (κ2) is 5.23. The topological polar surface area (TPSA) is 41.1 Å². The molecule has 2 aromatic rings. The van der Waals surface area contributed by atoms with Gasteiger partial charge in [0, 0.05) is 31.5 Å². The molecule has 21 heavy (non-hydrogen) atoms. The van der Waals surface area contributed by atoms with Gasteiger partial charge in [0.1, 0.15) is 5.69 Å². The van der Waals surface area contributed by atoms with Crippen molar-refractivity contribution in [2.24, 2.45) is 0 Å². The van der Waals surface area contributed by atoms with Crippen LogP contribution in [-0.4, -0.2) is 23.1 Å². The molecule has 1 aliphatic rings. The van der Waals surface area contributed by atoms with E-state index in [1.54, 1.807) is 4.90 Å². The summed E-state index contributed by atoms with van der Waals surface area (Å²) in [6.07, 6.45) is -3.31. The van der Waals surface area contributed by atoms with E-state index in [1.807, 2.05) is 24.3 Å². The van der Waals surface area contributed by atoms with Crippen molar-refractivity contribution in [3.8, 4) is 0 Å². The summed E-state index contributed by atoms with van der Waals surface area (Å²) in [5.41, 5.74) is 1.08. The number of nitrogens with zero attached hydrogens (tertiary/aromatic N) is 3. The molecule has 0 saturated carbocycles. The van der Waals surface area contributed by atoms with E-state index in [2.05, 4.69) is 15.3 Å². The Morgan fingerprint density at radius 3 is 2.76 bits per heavy atom. The SMILES string of the molecule is FC(F)(F)c1ccnc(N2CCNc3ccccc3C2)n1. The van der Waals surface area contributed by atoms with Gasteiger partial charge < -0.3 is 10.2 Å². The Balaban J connectivity index is 1.91. The molecule has 0 saturated heterocycles. The second-order valence-corrected chi connectivity index (χ2v) is 4.75. The molecule has 110 valence electrons. The Morgan fingerprint density at radius 2 is 1.95 bits per heavy atom. The maximum atomic E-state index is 12.7. The maximum Gasteiger partial charge on any atom is 0.433 e. The predicted octanol–water partition coefficient (Wildman–Crippen LogP) is 2.93. The van der Waals surface area contributed by atoms with Crippen LogP contribution in [-0.2, 0) is 12.7 Å². The molecular formula is C14H13F3N4. The maximum absolute atomic E-state index is 12.7. The molecule has 0 atom stereocenters. The highest BCUT2D eigenvalue weighted by Crippen LogP contribution is 2.29. The van der Waals surface area contributed by atoms with Crippen molar-refractivity contribution in [1.29, 1.82) is 0 Å². The Morgan fingerprint density at radius 1 is 1.14 bits per heavy atom. The zero-order valence-corrected chi connectivity index (χ0v) is 11.1. The van der Waals surface area contributed by atoms with Crippen molar-refractivity contribution >= 4 is 11.6 Å². The Kier molecular flexibility index (Phi) is 3.40. The van der Waals surface area contributed by atoms with Gasteiger partial charge in [-0.2, -0.15) is 13.2 Å². The molecule has 0 radical (unpaired) electrons. The second-order valence-electron chi connectivity index (χ2n) is 4.75. The van der Waals surface area contributed by atoms with E-state index >= 15 is 0 Å². The zero-order valence-electron chi connectivity index (χ0n) is 11.1. The minimum atomic E-state index is -4.46. The summed E-state index contributed by atoms with van der Waals surface area (Å²) in [7, 11) is 0. The number of hydrogen-bond donors (Lipinski definition) is 1. The summed E-state index contributed by atoms with van der Waals surface area (Å²) in [5.74, 6) is 0.100. The fraction of sp³-hybridized carbons (Fsp3) is 0.286. The van der Waals surface area contributed by atoms with Gasteiger partial charge >= 0.3 is 6.18 Å². The van der Waals surface area contributed by atoms with Crippen LogP contribution in [0.3, 0.4) is 0 Å². The molecule has 2 heterocycles. The average molecular weight is 294 g/mol. The number of fused-ring (bicyclic) bond motifs is 1. The molecule has 0 fully saturated rings. The van der Waals surface area contributed by atoms with Crippen LogP contribution >= 0.6 is 0 Å². The number of nitrogens with one attached hydrogen (secondary N) is 1. The molecular weight excluding hydrogens is 281 g/mol. The highest BCUT2D eigenvalue weighted by atomic mass is 19.4. The van der Waals surface area contributed by atoms with Crippen LogP contribution in [0.2, 0.25) is 0 Å². The predicted molar refractivity (Wildman–Crippen MR) is 73.0 cm³/mol. The standard InChI is InChI=1S/C14H13F3N4/c15-14(16,17)12-5-6-19-13(20-12)21-8-7-18-11-4-2-1-3-10(11)9-21/h1-6,18H,7-9H2. The lowest BCUT2D eigenvalue weighted by atomic mass is 10.2. The van der Waals surface area contributed by atoms with Crippen LogP contribution in [0, 0.1) is 0 Å². The van der Waals surface area contributed by atoms with Crippen molar-refractivity contribution in [3.05, 3.63) is 47.8 Å². The summed E-state index contributed by atoms with van der Waals surface area (Å²) in [6, 6.07) is 8.59. The van der Waals surface area contributed by atoms with Gasteiger partial charge in [0.2, 0.25) is 5.95 Å². The van der Waals surface area contributed by atoms with Gasteiger partial charge in [-0.1, -0.05) is 18.2 Å². The molecule has 0 unspecified atom stereocenters. The number of alkyl halides is 3. The van der Waals surface area contributed by atoms with Crippen LogP contribution in [0.1, 0.15) is 11.3 Å².